The molecular formula is C15H12ClFN2O3S. The second kappa shape index (κ2) is 5.90. The third-order valence-electron chi connectivity index (χ3n) is 3.70. The van der Waals surface area contributed by atoms with E-state index in [1.54, 1.807) is 29.6 Å². The van der Waals surface area contributed by atoms with Crippen LogP contribution in [0.4, 0.5) is 4.39 Å². The molecule has 23 heavy (non-hydrogen) atoms. The average molecular weight is 355 g/mol. The maximum absolute atomic E-state index is 14.0. The molecule has 3 rings (SSSR count). The summed E-state index contributed by atoms with van der Waals surface area (Å²) >= 11 is 7.12. The van der Waals surface area contributed by atoms with Crippen molar-refractivity contribution in [2.24, 2.45) is 0 Å². The number of carboxylic acid groups (broad SMARTS) is 1. The van der Waals surface area contributed by atoms with Gasteiger partial charge in [0.1, 0.15) is 10.7 Å². The van der Waals surface area contributed by atoms with Gasteiger partial charge in [0.25, 0.3) is 5.91 Å². The summed E-state index contributed by atoms with van der Waals surface area (Å²) in [7, 11) is 0. The maximum atomic E-state index is 14.0. The first-order valence-electron chi connectivity index (χ1n) is 6.82. The number of alkyl halides is 1. The Bertz CT molecular complexity index is 764. The van der Waals surface area contributed by atoms with E-state index in [1.165, 1.54) is 16.2 Å². The average Bonchev–Trinajstić information content (AvgIpc) is 3.15. The van der Waals surface area contributed by atoms with Crippen molar-refractivity contribution in [2.75, 3.05) is 13.1 Å². The van der Waals surface area contributed by atoms with Crippen molar-refractivity contribution in [1.82, 2.24) is 9.88 Å². The number of amides is 1. The van der Waals surface area contributed by atoms with Gasteiger partial charge in [0.15, 0.2) is 0 Å². The van der Waals surface area contributed by atoms with E-state index in [0.717, 1.165) is 5.56 Å². The molecule has 0 spiro atoms. The number of hydrogen-bond donors (Lipinski definition) is 1. The van der Waals surface area contributed by atoms with Gasteiger partial charge >= 0.3 is 5.97 Å². The zero-order valence-corrected chi connectivity index (χ0v) is 13.4. The standard InChI is InChI=1S/C15H12ClFN2O3S/c16-10-3-1-9(2-4-10)12-18-11(7-23-12)13(20)19-6-5-15(17,8-19)14(21)22/h1-4,7H,5-6,8H2,(H,21,22). The highest BCUT2D eigenvalue weighted by Gasteiger charge is 2.47. The molecule has 0 saturated carbocycles. The predicted octanol–water partition coefficient (Wildman–Crippen LogP) is 3.10. The number of carbonyl (C=O) groups is 2. The van der Waals surface area contributed by atoms with E-state index in [4.69, 9.17) is 16.7 Å². The third-order valence-corrected chi connectivity index (χ3v) is 4.85. The fourth-order valence-corrected chi connectivity index (χ4v) is 3.31. The number of carbonyl (C=O) groups excluding carboxylic acids is 1. The van der Waals surface area contributed by atoms with E-state index in [9.17, 15) is 14.0 Å². The summed E-state index contributed by atoms with van der Waals surface area (Å²) in [4.78, 5) is 28.7. The fourth-order valence-electron chi connectivity index (χ4n) is 2.38. The minimum atomic E-state index is -2.37. The van der Waals surface area contributed by atoms with Crippen molar-refractivity contribution >= 4 is 34.8 Å². The Balaban J connectivity index is 1.77. The third kappa shape index (κ3) is 3.07. The summed E-state index contributed by atoms with van der Waals surface area (Å²) < 4.78 is 14.0. The van der Waals surface area contributed by atoms with E-state index >= 15 is 0 Å². The zero-order chi connectivity index (χ0) is 16.6. The second-order valence-electron chi connectivity index (χ2n) is 5.29. The van der Waals surface area contributed by atoms with Gasteiger partial charge in [-0.25, -0.2) is 14.2 Å². The van der Waals surface area contributed by atoms with E-state index in [-0.39, 0.29) is 18.7 Å². The Morgan fingerprint density at radius 1 is 1.35 bits per heavy atom. The molecule has 2 heterocycles. The Hall–Kier alpha value is -1.99. The number of thiazole rings is 1. The number of nitrogens with zero attached hydrogens (tertiary/aromatic N) is 2. The van der Waals surface area contributed by atoms with Crippen molar-refractivity contribution < 1.29 is 19.1 Å². The zero-order valence-electron chi connectivity index (χ0n) is 11.8. The van der Waals surface area contributed by atoms with Crippen LogP contribution in [-0.2, 0) is 4.79 Å². The molecule has 1 atom stereocenters. The molecule has 1 aliphatic heterocycles. The number of halogens is 2. The molecule has 8 heteroatoms. The summed E-state index contributed by atoms with van der Waals surface area (Å²) in [6.07, 6.45) is -0.206. The fraction of sp³-hybridized carbons (Fsp3) is 0.267. The molecule has 1 unspecified atom stereocenters. The van der Waals surface area contributed by atoms with Crippen LogP contribution in [-0.4, -0.2) is 45.6 Å². The molecule has 1 aliphatic rings. The lowest BCUT2D eigenvalue weighted by Crippen LogP contribution is -2.39. The summed E-state index contributed by atoms with van der Waals surface area (Å²) in [6.45, 7) is -0.385. The molecule has 0 radical (unpaired) electrons. The number of aromatic nitrogens is 1. The van der Waals surface area contributed by atoms with E-state index in [1.807, 2.05) is 0 Å². The molecule has 1 aromatic carbocycles. The lowest BCUT2D eigenvalue weighted by Gasteiger charge is -2.16. The van der Waals surface area contributed by atoms with Crippen LogP contribution in [0.15, 0.2) is 29.6 Å². The van der Waals surface area contributed by atoms with Gasteiger partial charge in [0.05, 0.1) is 6.54 Å². The minimum absolute atomic E-state index is 0.0649. The van der Waals surface area contributed by atoms with Crippen LogP contribution >= 0.6 is 22.9 Å². The van der Waals surface area contributed by atoms with Crippen molar-refractivity contribution in [3.8, 4) is 10.6 Å². The second-order valence-corrected chi connectivity index (χ2v) is 6.59. The molecule has 5 nitrogen and oxygen atoms in total. The van der Waals surface area contributed by atoms with Crippen molar-refractivity contribution in [2.45, 2.75) is 12.1 Å². The van der Waals surface area contributed by atoms with Gasteiger partial charge in [-0.1, -0.05) is 23.7 Å². The van der Waals surface area contributed by atoms with Crippen LogP contribution in [0, 0.1) is 0 Å². The van der Waals surface area contributed by atoms with Crippen LogP contribution in [0.1, 0.15) is 16.9 Å². The van der Waals surface area contributed by atoms with Crippen molar-refractivity contribution in [3.63, 3.8) is 0 Å². The largest absolute Gasteiger partial charge is 0.479 e. The number of aliphatic carboxylic acids is 1. The van der Waals surface area contributed by atoms with Crippen molar-refractivity contribution in [3.05, 3.63) is 40.4 Å². The van der Waals surface area contributed by atoms with Gasteiger partial charge in [-0.2, -0.15) is 0 Å². The Morgan fingerprint density at radius 3 is 2.65 bits per heavy atom. The number of benzene rings is 1. The van der Waals surface area contributed by atoms with Gasteiger partial charge in [-0.15, -0.1) is 11.3 Å². The monoisotopic (exact) mass is 354 g/mol. The predicted molar refractivity (Wildman–Crippen MR) is 84.6 cm³/mol. The topological polar surface area (TPSA) is 70.5 Å². The molecule has 120 valence electrons. The molecule has 1 fully saturated rings. The van der Waals surface area contributed by atoms with Gasteiger partial charge in [0, 0.05) is 28.9 Å². The molecule has 1 aromatic heterocycles. The normalized spacial score (nSPS) is 20.7. The van der Waals surface area contributed by atoms with Crippen LogP contribution in [0.3, 0.4) is 0 Å². The lowest BCUT2D eigenvalue weighted by molar-refractivity contribution is -0.149. The molecule has 1 N–H and O–H groups in total. The van der Waals surface area contributed by atoms with Crippen LogP contribution in [0.5, 0.6) is 0 Å². The van der Waals surface area contributed by atoms with Crippen molar-refractivity contribution in [1.29, 1.82) is 0 Å². The van der Waals surface area contributed by atoms with E-state index < -0.39 is 24.1 Å². The number of rotatable bonds is 3. The summed E-state index contributed by atoms with van der Waals surface area (Å²) in [5, 5.41) is 11.7. The first-order valence-corrected chi connectivity index (χ1v) is 8.08. The Labute approximate surface area is 140 Å². The first-order chi connectivity index (χ1) is 10.9. The first kappa shape index (κ1) is 15.9. The maximum Gasteiger partial charge on any atom is 0.343 e. The molecular weight excluding hydrogens is 343 g/mol. The number of hydrogen-bond acceptors (Lipinski definition) is 4. The smallest absolute Gasteiger partial charge is 0.343 e. The molecule has 1 amide bonds. The quantitative estimate of drug-likeness (QED) is 0.919. The van der Waals surface area contributed by atoms with Gasteiger partial charge in [0.2, 0.25) is 5.67 Å². The van der Waals surface area contributed by atoms with E-state index in [0.29, 0.717) is 10.0 Å². The van der Waals surface area contributed by atoms with Gasteiger partial charge in [-0.3, -0.25) is 4.79 Å². The van der Waals surface area contributed by atoms with Crippen LogP contribution in [0.2, 0.25) is 5.02 Å². The molecule has 0 bridgehead atoms. The summed E-state index contributed by atoms with van der Waals surface area (Å²) in [5.74, 6) is -1.99. The SMILES string of the molecule is O=C(c1csc(-c2ccc(Cl)cc2)n1)N1CCC(F)(C(=O)O)C1. The summed E-state index contributed by atoms with van der Waals surface area (Å²) in [6, 6.07) is 7.04. The Morgan fingerprint density at radius 2 is 2.04 bits per heavy atom. The Kier molecular flexibility index (Phi) is 4.08. The van der Waals surface area contributed by atoms with Crippen LogP contribution in [0.25, 0.3) is 10.6 Å². The number of carboxylic acids is 1. The van der Waals surface area contributed by atoms with Gasteiger partial charge in [-0.05, 0) is 12.1 Å². The van der Waals surface area contributed by atoms with E-state index in [2.05, 4.69) is 4.98 Å². The minimum Gasteiger partial charge on any atom is -0.479 e. The van der Waals surface area contributed by atoms with Crippen LogP contribution < -0.4 is 0 Å². The summed E-state index contributed by atoms with van der Waals surface area (Å²) in [5.41, 5.74) is -1.36. The number of likely N-dealkylation sites (tertiary alicyclic amines) is 1. The highest BCUT2D eigenvalue weighted by Crippen LogP contribution is 2.29. The highest BCUT2D eigenvalue weighted by molar-refractivity contribution is 7.13. The molecule has 2 aromatic rings. The molecule has 1 saturated heterocycles. The lowest BCUT2D eigenvalue weighted by atomic mass is 10.1. The molecule has 0 aliphatic carbocycles. The highest BCUT2D eigenvalue weighted by atomic mass is 35.5. The van der Waals surface area contributed by atoms with Gasteiger partial charge < -0.3 is 10.0 Å².